The predicted octanol–water partition coefficient (Wildman–Crippen LogP) is 2.52. The molecule has 2 fully saturated rings. The molecule has 1 aromatic heterocycles. The average molecular weight is 270 g/mol. The highest BCUT2D eigenvalue weighted by Crippen LogP contribution is 2.37. The number of carbonyl (C=O) groups excluding carboxylic acids is 1. The summed E-state index contributed by atoms with van der Waals surface area (Å²) < 4.78 is 37.8. The van der Waals surface area contributed by atoms with Crippen molar-refractivity contribution in [2.45, 2.75) is 19.0 Å². The van der Waals surface area contributed by atoms with Gasteiger partial charge in [0.1, 0.15) is 17.3 Å². The maximum absolute atomic E-state index is 12.6. The van der Waals surface area contributed by atoms with Crippen molar-refractivity contribution < 1.29 is 18.0 Å². The first-order chi connectivity index (χ1) is 8.95. The number of nitrogens with zero attached hydrogens (tertiary/aromatic N) is 2. The van der Waals surface area contributed by atoms with Gasteiger partial charge in [-0.2, -0.15) is 13.2 Å². The molecule has 0 radical (unpaired) electrons. The fourth-order valence-corrected chi connectivity index (χ4v) is 2.99. The lowest BCUT2D eigenvalue weighted by Crippen LogP contribution is -2.24. The van der Waals surface area contributed by atoms with E-state index >= 15 is 0 Å². The lowest BCUT2D eigenvalue weighted by Gasteiger charge is -2.19. The highest BCUT2D eigenvalue weighted by atomic mass is 19.4. The van der Waals surface area contributed by atoms with Crippen molar-refractivity contribution in [3.05, 3.63) is 23.9 Å². The molecule has 0 N–H and O–H groups in total. The molecule has 0 spiro atoms. The van der Waals surface area contributed by atoms with E-state index in [1.54, 1.807) is 11.0 Å². The molecular weight excluding hydrogens is 257 g/mol. The van der Waals surface area contributed by atoms with Gasteiger partial charge < -0.3 is 4.90 Å². The molecule has 2 aliphatic rings. The Hall–Kier alpha value is -1.59. The van der Waals surface area contributed by atoms with Crippen LogP contribution >= 0.6 is 0 Å². The third-order valence-electron chi connectivity index (χ3n) is 3.96. The quantitative estimate of drug-likeness (QED) is 0.786. The number of alkyl halides is 3. The summed E-state index contributed by atoms with van der Waals surface area (Å²) >= 11 is 0. The maximum atomic E-state index is 12.6. The van der Waals surface area contributed by atoms with E-state index in [1.165, 1.54) is 6.07 Å². The number of fused-ring (bicyclic) bond motifs is 1. The number of rotatable bonds is 1. The van der Waals surface area contributed by atoms with Crippen molar-refractivity contribution in [1.29, 1.82) is 0 Å². The van der Waals surface area contributed by atoms with Crippen LogP contribution in [-0.2, 0) is 11.0 Å². The highest BCUT2D eigenvalue weighted by molar-refractivity contribution is 5.84. The normalized spacial score (nSPS) is 26.9. The van der Waals surface area contributed by atoms with Gasteiger partial charge in [-0.05, 0) is 24.5 Å². The van der Waals surface area contributed by atoms with E-state index in [0.717, 1.165) is 12.5 Å². The molecule has 3 nitrogen and oxygen atoms in total. The summed E-state index contributed by atoms with van der Waals surface area (Å²) in [5.41, 5.74) is -0.881. The SMILES string of the molecule is O=C1CC[C@@H]2CN(c3cccc(C(F)(F)F)n3)C[C@H]12. The van der Waals surface area contributed by atoms with Crippen molar-refractivity contribution in [2.24, 2.45) is 11.8 Å². The summed E-state index contributed by atoms with van der Waals surface area (Å²) in [4.78, 5) is 17.1. The fraction of sp³-hybridized carbons (Fsp3) is 0.538. The third-order valence-corrected chi connectivity index (χ3v) is 3.96. The van der Waals surface area contributed by atoms with Crippen LogP contribution < -0.4 is 4.90 Å². The number of carbonyl (C=O) groups is 1. The molecular formula is C13H13F3N2O. The number of anilines is 1. The second kappa shape index (κ2) is 4.21. The molecule has 1 aliphatic carbocycles. The van der Waals surface area contributed by atoms with Crippen LogP contribution in [0.1, 0.15) is 18.5 Å². The summed E-state index contributed by atoms with van der Waals surface area (Å²) in [5.74, 6) is 0.816. The molecule has 1 saturated heterocycles. The maximum Gasteiger partial charge on any atom is 0.433 e. The molecule has 1 aromatic rings. The van der Waals surface area contributed by atoms with Gasteiger partial charge in [0, 0.05) is 25.4 Å². The van der Waals surface area contributed by atoms with Crippen molar-refractivity contribution in [2.75, 3.05) is 18.0 Å². The molecule has 2 atom stereocenters. The number of Topliss-reactive ketones (excluding diaryl/α,β-unsaturated/α-hetero) is 1. The molecule has 1 saturated carbocycles. The van der Waals surface area contributed by atoms with Crippen molar-refractivity contribution in [1.82, 2.24) is 4.98 Å². The monoisotopic (exact) mass is 270 g/mol. The second-order valence-electron chi connectivity index (χ2n) is 5.16. The van der Waals surface area contributed by atoms with Gasteiger partial charge in [0.25, 0.3) is 0 Å². The zero-order chi connectivity index (χ0) is 13.6. The minimum atomic E-state index is -4.43. The van der Waals surface area contributed by atoms with Gasteiger partial charge in [-0.25, -0.2) is 4.98 Å². The molecule has 0 aromatic carbocycles. The Morgan fingerprint density at radius 1 is 1.26 bits per heavy atom. The zero-order valence-electron chi connectivity index (χ0n) is 10.2. The predicted molar refractivity (Wildman–Crippen MR) is 62.7 cm³/mol. The van der Waals surface area contributed by atoms with Crippen molar-refractivity contribution >= 4 is 11.6 Å². The molecule has 3 rings (SSSR count). The number of aromatic nitrogens is 1. The Labute approximate surface area is 108 Å². The smallest absolute Gasteiger partial charge is 0.356 e. The first-order valence-corrected chi connectivity index (χ1v) is 6.27. The summed E-state index contributed by atoms with van der Waals surface area (Å²) in [6, 6.07) is 3.90. The van der Waals surface area contributed by atoms with Gasteiger partial charge >= 0.3 is 6.18 Å². The number of halogens is 3. The standard InChI is InChI=1S/C13H13F3N2O/c14-13(15,16)11-2-1-3-12(17-11)18-6-8-4-5-10(19)9(8)7-18/h1-3,8-9H,4-7H2/t8-,9+/m1/s1. The molecule has 2 heterocycles. The Balaban J connectivity index is 1.83. The van der Waals surface area contributed by atoms with Crippen LogP contribution in [0, 0.1) is 11.8 Å². The van der Waals surface area contributed by atoms with Gasteiger partial charge in [0.05, 0.1) is 0 Å². The summed E-state index contributed by atoms with van der Waals surface area (Å²) in [6.45, 7) is 1.13. The van der Waals surface area contributed by atoms with Crippen molar-refractivity contribution in [3.8, 4) is 0 Å². The fourth-order valence-electron chi connectivity index (χ4n) is 2.99. The van der Waals surface area contributed by atoms with Gasteiger partial charge in [-0.15, -0.1) is 0 Å². The summed E-state index contributed by atoms with van der Waals surface area (Å²) in [7, 11) is 0. The summed E-state index contributed by atoms with van der Waals surface area (Å²) in [5, 5.41) is 0. The van der Waals surface area contributed by atoms with Gasteiger partial charge in [0.15, 0.2) is 0 Å². The Bertz CT molecular complexity index is 515. The van der Waals surface area contributed by atoms with Gasteiger partial charge in [-0.3, -0.25) is 4.79 Å². The number of pyridine rings is 1. The molecule has 102 valence electrons. The Kier molecular flexibility index (Phi) is 2.76. The molecule has 19 heavy (non-hydrogen) atoms. The first-order valence-electron chi connectivity index (χ1n) is 6.27. The number of ketones is 1. The number of hydrogen-bond donors (Lipinski definition) is 0. The molecule has 0 amide bonds. The highest BCUT2D eigenvalue weighted by Gasteiger charge is 2.42. The van der Waals surface area contributed by atoms with Crippen LogP contribution in [0.3, 0.4) is 0 Å². The van der Waals surface area contributed by atoms with Crippen LogP contribution in [0.25, 0.3) is 0 Å². The van der Waals surface area contributed by atoms with Crippen LogP contribution in [0.15, 0.2) is 18.2 Å². The van der Waals surface area contributed by atoms with Crippen LogP contribution in [-0.4, -0.2) is 23.9 Å². The Morgan fingerprint density at radius 3 is 2.74 bits per heavy atom. The van der Waals surface area contributed by atoms with E-state index in [9.17, 15) is 18.0 Å². The number of hydrogen-bond acceptors (Lipinski definition) is 3. The van der Waals surface area contributed by atoms with E-state index < -0.39 is 11.9 Å². The van der Waals surface area contributed by atoms with Gasteiger partial charge in [0.2, 0.25) is 0 Å². The van der Waals surface area contributed by atoms with E-state index in [-0.39, 0.29) is 17.6 Å². The van der Waals surface area contributed by atoms with E-state index in [0.29, 0.717) is 25.3 Å². The van der Waals surface area contributed by atoms with Gasteiger partial charge in [-0.1, -0.05) is 6.07 Å². The zero-order valence-corrected chi connectivity index (χ0v) is 10.2. The van der Waals surface area contributed by atoms with Crippen LogP contribution in [0.4, 0.5) is 19.0 Å². The Morgan fingerprint density at radius 2 is 2.05 bits per heavy atom. The van der Waals surface area contributed by atoms with E-state index in [4.69, 9.17) is 0 Å². The average Bonchev–Trinajstić information content (AvgIpc) is 2.91. The first kappa shape index (κ1) is 12.4. The minimum Gasteiger partial charge on any atom is -0.356 e. The van der Waals surface area contributed by atoms with E-state index in [1.807, 2.05) is 0 Å². The third kappa shape index (κ3) is 2.19. The largest absolute Gasteiger partial charge is 0.433 e. The lowest BCUT2D eigenvalue weighted by atomic mass is 10.0. The second-order valence-corrected chi connectivity index (χ2v) is 5.16. The topological polar surface area (TPSA) is 33.2 Å². The van der Waals surface area contributed by atoms with Crippen LogP contribution in [0.5, 0.6) is 0 Å². The minimum absolute atomic E-state index is 0.0173. The molecule has 6 heteroatoms. The lowest BCUT2D eigenvalue weighted by molar-refractivity contribution is -0.141. The van der Waals surface area contributed by atoms with Crippen LogP contribution in [0.2, 0.25) is 0 Å². The molecule has 1 aliphatic heterocycles. The summed E-state index contributed by atoms with van der Waals surface area (Å²) in [6.07, 6.45) is -2.97. The molecule has 0 unspecified atom stereocenters. The van der Waals surface area contributed by atoms with E-state index in [2.05, 4.69) is 4.98 Å². The molecule has 0 bridgehead atoms. The van der Waals surface area contributed by atoms with Crippen molar-refractivity contribution in [3.63, 3.8) is 0 Å².